The van der Waals surface area contributed by atoms with Gasteiger partial charge in [-0.15, -0.1) is 0 Å². The predicted octanol–water partition coefficient (Wildman–Crippen LogP) is 0.233. The fourth-order valence-electron chi connectivity index (χ4n) is 0.797. The number of amides is 1. The van der Waals surface area contributed by atoms with E-state index in [1.54, 1.807) is 13.8 Å². The molecule has 0 aliphatic rings. The monoisotopic (exact) mass is 159 g/mol. The molecule has 1 amide bonds. The van der Waals surface area contributed by atoms with Gasteiger partial charge in [0.15, 0.2) is 0 Å². The molecule has 4 nitrogen and oxygen atoms in total. The van der Waals surface area contributed by atoms with E-state index < -0.39 is 11.4 Å². The van der Waals surface area contributed by atoms with E-state index in [1.807, 2.05) is 0 Å². The zero-order valence-corrected chi connectivity index (χ0v) is 6.97. The first kappa shape index (κ1) is 9.94. The number of hydrogen-bond donors (Lipinski definition) is 2. The standard InChI is InChI=1S/C7H13NO3/c1-7(2,4-5(9)10)6(11)8-3/h4H2,1-3H3,(H,8,11)(H,9,10). The topological polar surface area (TPSA) is 66.4 Å². The summed E-state index contributed by atoms with van der Waals surface area (Å²) in [5.74, 6) is -1.21. The zero-order valence-electron chi connectivity index (χ0n) is 6.97. The first-order chi connectivity index (χ1) is 4.90. The Morgan fingerprint density at radius 1 is 1.45 bits per heavy atom. The lowest BCUT2D eigenvalue weighted by molar-refractivity contribution is -0.143. The molecule has 0 aromatic heterocycles. The van der Waals surface area contributed by atoms with Crippen LogP contribution in [0.2, 0.25) is 0 Å². The number of carboxylic acid groups (broad SMARTS) is 1. The van der Waals surface area contributed by atoms with Crippen LogP contribution in [0.3, 0.4) is 0 Å². The summed E-state index contributed by atoms with van der Waals surface area (Å²) in [7, 11) is 1.49. The fourth-order valence-corrected chi connectivity index (χ4v) is 0.797. The molecule has 0 saturated carbocycles. The molecular weight excluding hydrogens is 146 g/mol. The number of hydrogen-bond acceptors (Lipinski definition) is 2. The Morgan fingerprint density at radius 2 is 1.91 bits per heavy atom. The van der Waals surface area contributed by atoms with Crippen molar-refractivity contribution in [1.29, 1.82) is 0 Å². The maximum Gasteiger partial charge on any atom is 0.304 e. The average Bonchev–Trinajstić information content (AvgIpc) is 1.83. The molecule has 0 heterocycles. The maximum absolute atomic E-state index is 11.0. The average molecular weight is 159 g/mol. The van der Waals surface area contributed by atoms with Gasteiger partial charge in [-0.25, -0.2) is 0 Å². The Balaban J connectivity index is 4.21. The van der Waals surface area contributed by atoms with Crippen LogP contribution in [0.4, 0.5) is 0 Å². The van der Waals surface area contributed by atoms with Crippen LogP contribution in [0.25, 0.3) is 0 Å². The molecule has 0 saturated heterocycles. The lowest BCUT2D eigenvalue weighted by Gasteiger charge is -2.19. The molecule has 0 aliphatic carbocycles. The molecule has 11 heavy (non-hydrogen) atoms. The molecular formula is C7H13NO3. The SMILES string of the molecule is CNC(=O)C(C)(C)CC(=O)O. The van der Waals surface area contributed by atoms with Gasteiger partial charge in [-0.1, -0.05) is 13.8 Å². The van der Waals surface area contributed by atoms with Crippen LogP contribution in [0.1, 0.15) is 20.3 Å². The van der Waals surface area contributed by atoms with Crippen molar-refractivity contribution in [3.8, 4) is 0 Å². The van der Waals surface area contributed by atoms with E-state index in [9.17, 15) is 9.59 Å². The van der Waals surface area contributed by atoms with Crippen LogP contribution in [0, 0.1) is 5.41 Å². The second kappa shape index (κ2) is 3.37. The van der Waals surface area contributed by atoms with Crippen molar-refractivity contribution >= 4 is 11.9 Å². The normalized spacial score (nSPS) is 10.8. The van der Waals surface area contributed by atoms with Crippen molar-refractivity contribution in [3.63, 3.8) is 0 Å². The van der Waals surface area contributed by atoms with E-state index in [2.05, 4.69) is 5.32 Å². The van der Waals surface area contributed by atoms with Gasteiger partial charge in [0.1, 0.15) is 0 Å². The van der Waals surface area contributed by atoms with E-state index >= 15 is 0 Å². The van der Waals surface area contributed by atoms with Gasteiger partial charge < -0.3 is 10.4 Å². The summed E-state index contributed by atoms with van der Waals surface area (Å²) in [5.41, 5.74) is -0.819. The third-order valence-corrected chi connectivity index (χ3v) is 1.43. The largest absolute Gasteiger partial charge is 0.481 e. The molecule has 0 aliphatic heterocycles. The third-order valence-electron chi connectivity index (χ3n) is 1.43. The highest BCUT2D eigenvalue weighted by atomic mass is 16.4. The van der Waals surface area contributed by atoms with Crippen molar-refractivity contribution in [3.05, 3.63) is 0 Å². The van der Waals surface area contributed by atoms with Crippen LogP contribution in [0.5, 0.6) is 0 Å². The maximum atomic E-state index is 11.0. The highest BCUT2D eigenvalue weighted by Gasteiger charge is 2.29. The molecule has 0 unspecified atom stereocenters. The quantitative estimate of drug-likeness (QED) is 0.619. The number of carbonyl (C=O) groups is 2. The smallest absolute Gasteiger partial charge is 0.304 e. The summed E-state index contributed by atoms with van der Waals surface area (Å²) in [6.07, 6.45) is -0.146. The van der Waals surface area contributed by atoms with E-state index in [0.717, 1.165) is 0 Å². The van der Waals surface area contributed by atoms with Crippen molar-refractivity contribution in [2.24, 2.45) is 5.41 Å². The molecule has 0 bridgehead atoms. The molecule has 0 rings (SSSR count). The summed E-state index contributed by atoms with van der Waals surface area (Å²) in [6.45, 7) is 3.19. The van der Waals surface area contributed by atoms with E-state index in [0.29, 0.717) is 0 Å². The molecule has 0 atom stereocenters. The minimum Gasteiger partial charge on any atom is -0.481 e. The van der Waals surface area contributed by atoms with Crippen LogP contribution >= 0.6 is 0 Å². The van der Waals surface area contributed by atoms with Gasteiger partial charge in [0.2, 0.25) is 5.91 Å². The molecule has 64 valence electrons. The van der Waals surface area contributed by atoms with Gasteiger partial charge in [-0.05, 0) is 0 Å². The Bertz CT molecular complexity index is 175. The number of rotatable bonds is 3. The molecule has 0 spiro atoms. The Morgan fingerprint density at radius 3 is 2.18 bits per heavy atom. The molecule has 0 radical (unpaired) electrons. The summed E-state index contributed by atoms with van der Waals surface area (Å²) in [4.78, 5) is 21.2. The first-order valence-corrected chi connectivity index (χ1v) is 3.34. The lowest BCUT2D eigenvalue weighted by Crippen LogP contribution is -2.36. The molecule has 0 aromatic rings. The van der Waals surface area contributed by atoms with E-state index in [-0.39, 0.29) is 12.3 Å². The van der Waals surface area contributed by atoms with Crippen LogP contribution in [0.15, 0.2) is 0 Å². The van der Waals surface area contributed by atoms with Crippen molar-refractivity contribution in [2.45, 2.75) is 20.3 Å². The minimum atomic E-state index is -0.960. The van der Waals surface area contributed by atoms with Crippen molar-refractivity contribution in [2.75, 3.05) is 7.05 Å². The fraction of sp³-hybridized carbons (Fsp3) is 0.714. The number of carboxylic acids is 1. The number of carbonyl (C=O) groups excluding carboxylic acids is 1. The summed E-state index contributed by atoms with van der Waals surface area (Å²) < 4.78 is 0. The second-order valence-corrected chi connectivity index (χ2v) is 3.03. The van der Waals surface area contributed by atoms with Crippen LogP contribution < -0.4 is 5.32 Å². The third kappa shape index (κ3) is 3.02. The highest BCUT2D eigenvalue weighted by Crippen LogP contribution is 2.19. The van der Waals surface area contributed by atoms with E-state index in [4.69, 9.17) is 5.11 Å². The molecule has 2 N–H and O–H groups in total. The van der Waals surface area contributed by atoms with Gasteiger partial charge >= 0.3 is 5.97 Å². The van der Waals surface area contributed by atoms with Crippen LogP contribution in [-0.4, -0.2) is 24.0 Å². The summed E-state index contributed by atoms with van der Waals surface area (Å²) in [5, 5.41) is 10.8. The molecule has 4 heteroatoms. The first-order valence-electron chi connectivity index (χ1n) is 3.34. The van der Waals surface area contributed by atoms with Crippen molar-refractivity contribution < 1.29 is 14.7 Å². The Hall–Kier alpha value is -1.06. The molecule has 0 aromatic carbocycles. The number of nitrogens with one attached hydrogen (secondary N) is 1. The Kier molecular flexibility index (Phi) is 3.04. The van der Waals surface area contributed by atoms with E-state index in [1.165, 1.54) is 7.05 Å². The van der Waals surface area contributed by atoms with Gasteiger partial charge in [-0.3, -0.25) is 9.59 Å². The zero-order chi connectivity index (χ0) is 9.07. The van der Waals surface area contributed by atoms with Crippen LogP contribution in [-0.2, 0) is 9.59 Å². The van der Waals surface area contributed by atoms with Gasteiger partial charge in [0, 0.05) is 7.05 Å². The highest BCUT2D eigenvalue weighted by molar-refractivity contribution is 5.85. The molecule has 0 fully saturated rings. The van der Waals surface area contributed by atoms with Gasteiger partial charge in [0.25, 0.3) is 0 Å². The Labute approximate surface area is 65.6 Å². The number of aliphatic carboxylic acids is 1. The summed E-state index contributed by atoms with van der Waals surface area (Å²) >= 11 is 0. The van der Waals surface area contributed by atoms with Crippen molar-refractivity contribution in [1.82, 2.24) is 5.32 Å². The van der Waals surface area contributed by atoms with Gasteiger partial charge in [-0.2, -0.15) is 0 Å². The minimum absolute atomic E-state index is 0.146. The lowest BCUT2D eigenvalue weighted by atomic mass is 9.88. The summed E-state index contributed by atoms with van der Waals surface area (Å²) in [6, 6.07) is 0. The second-order valence-electron chi connectivity index (χ2n) is 3.03. The predicted molar refractivity (Wildman–Crippen MR) is 40.1 cm³/mol. The van der Waals surface area contributed by atoms with Gasteiger partial charge in [0.05, 0.1) is 11.8 Å².